The minimum Gasteiger partial charge on any atom is -0.203 e. The van der Waals surface area contributed by atoms with Crippen molar-refractivity contribution in [2.45, 2.75) is 58.8 Å². The summed E-state index contributed by atoms with van der Waals surface area (Å²) in [5.41, 5.74) is -1.95. The molecule has 0 spiro atoms. The standard InChI is InChI=1S/C15H20F4/c1-6-8(3)9-11(16)13(18)10(14(19)12(9)17)15(4,5)7-2/h8H,6-7H2,1-5H3. The molecule has 108 valence electrons. The molecule has 0 aromatic heterocycles. The Labute approximate surface area is 111 Å². The van der Waals surface area contributed by atoms with Crippen LogP contribution in [0.25, 0.3) is 0 Å². The molecule has 19 heavy (non-hydrogen) atoms. The lowest BCUT2D eigenvalue weighted by atomic mass is 9.80. The van der Waals surface area contributed by atoms with Gasteiger partial charge in [0.15, 0.2) is 23.3 Å². The van der Waals surface area contributed by atoms with Gasteiger partial charge in [0.25, 0.3) is 0 Å². The lowest BCUT2D eigenvalue weighted by Crippen LogP contribution is -2.23. The number of hydrogen-bond acceptors (Lipinski definition) is 0. The first-order valence-electron chi connectivity index (χ1n) is 6.55. The molecule has 0 radical (unpaired) electrons. The van der Waals surface area contributed by atoms with E-state index in [4.69, 9.17) is 0 Å². The topological polar surface area (TPSA) is 0 Å². The number of rotatable bonds is 4. The van der Waals surface area contributed by atoms with Gasteiger partial charge >= 0.3 is 0 Å². The number of hydrogen-bond donors (Lipinski definition) is 0. The maximum Gasteiger partial charge on any atom is 0.165 e. The van der Waals surface area contributed by atoms with Gasteiger partial charge in [-0.3, -0.25) is 0 Å². The second kappa shape index (κ2) is 5.51. The minimum atomic E-state index is -1.26. The van der Waals surface area contributed by atoms with Crippen LogP contribution in [0.1, 0.15) is 64.5 Å². The van der Waals surface area contributed by atoms with E-state index < -0.39 is 45.7 Å². The van der Waals surface area contributed by atoms with Crippen LogP contribution in [-0.2, 0) is 5.41 Å². The van der Waals surface area contributed by atoms with Crippen LogP contribution in [0.3, 0.4) is 0 Å². The van der Waals surface area contributed by atoms with Crippen LogP contribution in [0.2, 0.25) is 0 Å². The maximum atomic E-state index is 14.1. The summed E-state index contributed by atoms with van der Waals surface area (Å²) in [6.45, 7) is 8.11. The van der Waals surface area contributed by atoms with Gasteiger partial charge in [0.2, 0.25) is 0 Å². The highest BCUT2D eigenvalue weighted by atomic mass is 19.2. The van der Waals surface area contributed by atoms with Gasteiger partial charge in [-0.15, -0.1) is 0 Å². The van der Waals surface area contributed by atoms with Gasteiger partial charge in [-0.1, -0.05) is 34.6 Å². The summed E-state index contributed by atoms with van der Waals surface area (Å²) in [5, 5.41) is 0. The van der Waals surface area contributed by atoms with E-state index in [1.807, 2.05) is 0 Å². The predicted molar refractivity (Wildman–Crippen MR) is 68.3 cm³/mol. The molecule has 1 atom stereocenters. The Morgan fingerprint density at radius 2 is 1.32 bits per heavy atom. The van der Waals surface area contributed by atoms with E-state index in [9.17, 15) is 17.6 Å². The fourth-order valence-corrected chi connectivity index (χ4v) is 2.06. The predicted octanol–water partition coefficient (Wildman–Crippen LogP) is 5.44. The third kappa shape index (κ3) is 2.63. The quantitative estimate of drug-likeness (QED) is 0.507. The fourth-order valence-electron chi connectivity index (χ4n) is 2.06. The summed E-state index contributed by atoms with van der Waals surface area (Å²) in [4.78, 5) is 0. The Morgan fingerprint density at radius 1 is 0.895 bits per heavy atom. The maximum absolute atomic E-state index is 14.1. The van der Waals surface area contributed by atoms with Crippen molar-refractivity contribution in [3.05, 3.63) is 34.4 Å². The van der Waals surface area contributed by atoms with Crippen LogP contribution in [0.4, 0.5) is 17.6 Å². The largest absolute Gasteiger partial charge is 0.203 e. The van der Waals surface area contributed by atoms with Crippen molar-refractivity contribution in [2.75, 3.05) is 0 Å². The van der Waals surface area contributed by atoms with Gasteiger partial charge in [-0.2, -0.15) is 0 Å². The first kappa shape index (κ1) is 16.0. The molecule has 0 heterocycles. The average Bonchev–Trinajstić information content (AvgIpc) is 2.36. The Hall–Kier alpha value is -1.06. The molecule has 0 aliphatic heterocycles. The Balaban J connectivity index is 3.66. The van der Waals surface area contributed by atoms with Gasteiger partial charge in [0.05, 0.1) is 0 Å². The Bertz CT molecular complexity index is 449. The zero-order valence-corrected chi connectivity index (χ0v) is 12.0. The van der Waals surface area contributed by atoms with E-state index in [-0.39, 0.29) is 0 Å². The van der Waals surface area contributed by atoms with E-state index in [2.05, 4.69) is 0 Å². The molecular formula is C15H20F4. The zero-order valence-electron chi connectivity index (χ0n) is 12.0. The molecule has 0 saturated heterocycles. The molecule has 0 saturated carbocycles. The third-order valence-corrected chi connectivity index (χ3v) is 3.96. The molecule has 0 bridgehead atoms. The monoisotopic (exact) mass is 276 g/mol. The number of benzene rings is 1. The second-order valence-corrected chi connectivity index (χ2v) is 5.59. The number of halogens is 4. The summed E-state index contributed by atoms with van der Waals surface area (Å²) in [7, 11) is 0. The first-order chi connectivity index (χ1) is 8.68. The molecule has 1 unspecified atom stereocenters. The SMILES string of the molecule is CCC(C)c1c(F)c(F)c(C(C)(C)CC)c(F)c1F. The lowest BCUT2D eigenvalue weighted by molar-refractivity contribution is 0.373. The summed E-state index contributed by atoms with van der Waals surface area (Å²) in [6, 6.07) is 0. The molecule has 0 aliphatic rings. The van der Waals surface area contributed by atoms with Gasteiger partial charge in [-0.25, -0.2) is 17.6 Å². The van der Waals surface area contributed by atoms with Gasteiger partial charge in [-0.05, 0) is 24.2 Å². The van der Waals surface area contributed by atoms with Crippen molar-refractivity contribution in [3.8, 4) is 0 Å². The molecular weight excluding hydrogens is 256 g/mol. The molecule has 4 heteroatoms. The lowest BCUT2D eigenvalue weighted by Gasteiger charge is -2.26. The van der Waals surface area contributed by atoms with Crippen LogP contribution in [0, 0.1) is 23.3 Å². The Kier molecular flexibility index (Phi) is 4.64. The Morgan fingerprint density at radius 3 is 1.63 bits per heavy atom. The van der Waals surface area contributed by atoms with Gasteiger partial charge < -0.3 is 0 Å². The molecule has 0 fully saturated rings. The normalized spacial score (nSPS) is 13.7. The van der Waals surface area contributed by atoms with Crippen LogP contribution in [-0.4, -0.2) is 0 Å². The van der Waals surface area contributed by atoms with Crippen molar-refractivity contribution in [1.82, 2.24) is 0 Å². The minimum absolute atomic E-state index is 0.377. The van der Waals surface area contributed by atoms with Crippen molar-refractivity contribution >= 4 is 0 Å². The molecule has 1 rings (SSSR count). The smallest absolute Gasteiger partial charge is 0.165 e. The molecule has 1 aromatic rings. The van der Waals surface area contributed by atoms with E-state index >= 15 is 0 Å². The van der Waals surface area contributed by atoms with Crippen molar-refractivity contribution in [3.63, 3.8) is 0 Å². The highest BCUT2D eigenvalue weighted by Gasteiger charge is 2.34. The highest BCUT2D eigenvalue weighted by molar-refractivity contribution is 5.36. The highest BCUT2D eigenvalue weighted by Crippen LogP contribution is 2.37. The van der Waals surface area contributed by atoms with Crippen LogP contribution >= 0.6 is 0 Å². The average molecular weight is 276 g/mol. The molecule has 0 nitrogen and oxygen atoms in total. The van der Waals surface area contributed by atoms with E-state index in [0.717, 1.165) is 0 Å². The summed E-state index contributed by atoms with van der Waals surface area (Å²) in [6.07, 6.45) is 0.783. The second-order valence-electron chi connectivity index (χ2n) is 5.59. The van der Waals surface area contributed by atoms with E-state index in [1.165, 1.54) is 0 Å². The summed E-state index contributed by atoms with van der Waals surface area (Å²) >= 11 is 0. The van der Waals surface area contributed by atoms with E-state index in [0.29, 0.717) is 12.8 Å². The van der Waals surface area contributed by atoms with Crippen LogP contribution in [0.15, 0.2) is 0 Å². The van der Waals surface area contributed by atoms with Gasteiger partial charge in [0.1, 0.15) is 0 Å². The third-order valence-electron chi connectivity index (χ3n) is 3.96. The first-order valence-corrected chi connectivity index (χ1v) is 6.55. The molecule has 0 aliphatic carbocycles. The summed E-state index contributed by atoms with van der Waals surface area (Å²) < 4.78 is 56.3. The van der Waals surface area contributed by atoms with Gasteiger partial charge in [0, 0.05) is 11.1 Å². The van der Waals surface area contributed by atoms with Crippen molar-refractivity contribution < 1.29 is 17.6 Å². The van der Waals surface area contributed by atoms with Crippen LogP contribution in [0.5, 0.6) is 0 Å². The molecule has 0 amide bonds. The summed E-state index contributed by atoms with van der Waals surface area (Å²) in [5.74, 6) is -5.61. The molecule has 0 N–H and O–H groups in total. The molecule has 1 aromatic carbocycles. The van der Waals surface area contributed by atoms with E-state index in [1.54, 1.807) is 34.6 Å². The van der Waals surface area contributed by atoms with Crippen molar-refractivity contribution in [2.24, 2.45) is 0 Å². The fraction of sp³-hybridized carbons (Fsp3) is 0.600. The van der Waals surface area contributed by atoms with Crippen LogP contribution < -0.4 is 0 Å². The van der Waals surface area contributed by atoms with Crippen molar-refractivity contribution in [1.29, 1.82) is 0 Å². The zero-order chi connectivity index (χ0) is 15.0.